The molecule has 3 fully saturated rings. The molecule has 0 bridgehead atoms. The second-order valence-corrected chi connectivity index (χ2v) is 21.1. The number of carbonyl (C=O) groups is 1. The fourth-order valence-corrected chi connectivity index (χ4v) is 12.6. The Hall–Kier alpha value is -6.92. The molecule has 5 aromatic heterocycles. The average Bonchev–Trinajstić information content (AvgIpc) is 4.04. The molecule has 4 aliphatic rings. The highest BCUT2D eigenvalue weighted by Crippen LogP contribution is 2.57. The average molecular weight is 952 g/mol. The van der Waals surface area contributed by atoms with Crippen molar-refractivity contribution in [1.82, 2.24) is 53.2 Å². The van der Waals surface area contributed by atoms with Gasteiger partial charge in [0.1, 0.15) is 22.9 Å². The first kappa shape index (κ1) is 44.3. The number of nitrogens with one attached hydrogen (secondary N) is 1. The summed E-state index contributed by atoms with van der Waals surface area (Å²) in [5, 5.41) is 14.9. The first-order valence-corrected chi connectivity index (χ1v) is 24.1. The van der Waals surface area contributed by atoms with Crippen molar-refractivity contribution in [2.45, 2.75) is 102 Å². The normalized spacial score (nSPS) is 24.4. The minimum Gasteiger partial charge on any atom is -0.376 e. The molecule has 2 saturated heterocycles. The minimum atomic E-state index is -0.885. The van der Waals surface area contributed by atoms with Crippen molar-refractivity contribution < 1.29 is 22.8 Å². The van der Waals surface area contributed by atoms with E-state index < -0.39 is 34.4 Å². The van der Waals surface area contributed by atoms with Crippen molar-refractivity contribution in [2.24, 2.45) is 13.0 Å². The molecule has 0 radical (unpaired) electrons. The third-order valence-corrected chi connectivity index (χ3v) is 16.0. The van der Waals surface area contributed by atoms with Crippen molar-refractivity contribution in [3.05, 3.63) is 139 Å². The number of benzene rings is 3. The molecular weight excluding hydrogens is 897 g/mol. The van der Waals surface area contributed by atoms with Gasteiger partial charge in [-0.15, -0.1) is 0 Å². The first-order chi connectivity index (χ1) is 33.4. The first-order valence-electron chi connectivity index (χ1n) is 24.1. The molecule has 18 heteroatoms. The lowest BCUT2D eigenvalue weighted by Gasteiger charge is -2.48. The van der Waals surface area contributed by atoms with E-state index in [4.69, 9.17) is 14.4 Å². The zero-order chi connectivity index (χ0) is 48.9. The van der Waals surface area contributed by atoms with Gasteiger partial charge in [-0.25, -0.2) is 23.1 Å². The van der Waals surface area contributed by atoms with Crippen LogP contribution in [0.15, 0.2) is 81.2 Å². The zero-order valence-corrected chi connectivity index (χ0v) is 40.5. The Morgan fingerprint density at radius 3 is 2.36 bits per heavy atom. The van der Waals surface area contributed by atoms with Crippen LogP contribution in [0, 0.1) is 31.4 Å². The number of hydrogen-bond acceptors (Lipinski definition) is 9. The SMILES string of the molecule is Cc1cc(-n2nc3c(c2-n2ccn(-c4ccc5c(cnn5C)c4F)c2=O)[C@H](C)N(C(=O)c2cc4cc([C@H]5CCOC(C)(C)C5)ccc4n2[C@@]2(c4noc(=O)[nH]4)C[C@@H]2C)C2(CCN(C)C2)C3)cc(C)c1F. The number of carbonyl (C=O) groups excluding carboxylic acids is 1. The van der Waals surface area contributed by atoms with Gasteiger partial charge >= 0.3 is 11.4 Å². The number of imidazole rings is 1. The maximum Gasteiger partial charge on any atom is 0.438 e. The topological polar surface area (TPSA) is 159 Å². The highest BCUT2D eigenvalue weighted by atomic mass is 19.1. The largest absolute Gasteiger partial charge is 0.438 e. The number of aromatic nitrogens is 9. The third kappa shape index (κ3) is 6.44. The molecule has 1 saturated carbocycles. The fraction of sp³-hybridized carbons (Fsp3) is 0.423. The van der Waals surface area contributed by atoms with Gasteiger partial charge in [-0.3, -0.25) is 28.1 Å². The standard InChI is InChI=1S/C52H55F2N11O5/c1-28-19-35(20-29(2)43(28)53)65-45(62-17-16-61(49(62)68)40-12-11-39-36(44(40)54)26-55-60(39)8)42-31(4)63(51(25-37(42)57-65)14-15-59(7)27-51)46(66)41-22-34-21-32(33-13-18-69-50(5,6)24-33)9-10-38(34)64(41)52(23-30(52)3)47-56-48(67)70-58-47/h9-12,16-17,19-22,26,30-31,33H,13-15,18,23-25,27H2,1-8H3,(H,56,58,67)/t30-,31-,33-,51?,52-/m0/s1. The number of rotatable bonds is 7. The lowest BCUT2D eigenvalue weighted by molar-refractivity contribution is -0.0592. The molecule has 3 aromatic carbocycles. The summed E-state index contributed by atoms with van der Waals surface area (Å²) < 4.78 is 50.9. The molecule has 5 atom stereocenters. The van der Waals surface area contributed by atoms with Crippen molar-refractivity contribution >= 4 is 27.7 Å². The van der Waals surface area contributed by atoms with Crippen molar-refractivity contribution in [3.8, 4) is 17.2 Å². The molecule has 12 rings (SSSR count). The number of fused-ring (bicyclic) bond motifs is 3. The summed E-state index contributed by atoms with van der Waals surface area (Å²) in [5.41, 5.74) is 3.24. The van der Waals surface area contributed by atoms with E-state index in [2.05, 4.69) is 63.7 Å². The molecule has 3 aliphatic heterocycles. The van der Waals surface area contributed by atoms with E-state index in [1.807, 2.05) is 24.9 Å². The van der Waals surface area contributed by atoms with Crippen LogP contribution < -0.4 is 11.4 Å². The summed E-state index contributed by atoms with van der Waals surface area (Å²) in [6.07, 6.45) is 7.87. The van der Waals surface area contributed by atoms with Gasteiger partial charge in [0.2, 0.25) is 0 Å². The summed E-state index contributed by atoms with van der Waals surface area (Å²) in [6.45, 7) is 13.6. The van der Waals surface area contributed by atoms with Crippen LogP contribution in [-0.4, -0.2) is 97.0 Å². The number of nitrogens with zero attached hydrogens (tertiary/aromatic N) is 10. The lowest BCUT2D eigenvalue weighted by Crippen LogP contribution is -2.58. The van der Waals surface area contributed by atoms with Gasteiger partial charge in [0, 0.05) is 62.0 Å². The molecule has 16 nitrogen and oxygen atoms in total. The smallest absolute Gasteiger partial charge is 0.376 e. The quantitative estimate of drug-likeness (QED) is 0.171. The van der Waals surface area contributed by atoms with Crippen LogP contribution in [0.1, 0.15) is 110 Å². The number of aromatic amines is 1. The molecule has 1 spiro atoms. The van der Waals surface area contributed by atoms with E-state index in [-0.39, 0.29) is 40.2 Å². The predicted molar refractivity (Wildman–Crippen MR) is 257 cm³/mol. The number of aryl methyl sites for hydroxylation is 3. The van der Waals surface area contributed by atoms with Crippen LogP contribution in [0.25, 0.3) is 39.0 Å². The molecule has 362 valence electrons. The van der Waals surface area contributed by atoms with E-state index in [9.17, 15) is 9.59 Å². The number of halogens is 2. The molecule has 8 heterocycles. The molecular formula is C52H55F2N11O5. The Bertz CT molecular complexity index is 3580. The number of hydrogen-bond donors (Lipinski definition) is 1. The van der Waals surface area contributed by atoms with Gasteiger partial charge in [-0.2, -0.15) is 10.2 Å². The van der Waals surface area contributed by atoms with Crippen LogP contribution in [-0.2, 0) is 23.7 Å². The Morgan fingerprint density at radius 2 is 1.67 bits per heavy atom. The second-order valence-electron chi connectivity index (χ2n) is 21.1. The molecule has 70 heavy (non-hydrogen) atoms. The monoisotopic (exact) mass is 951 g/mol. The summed E-state index contributed by atoms with van der Waals surface area (Å²) in [5.74, 6) is -0.898. The van der Waals surface area contributed by atoms with E-state index in [1.165, 1.54) is 27.1 Å². The maximum atomic E-state index is 16.4. The number of amides is 1. The zero-order valence-electron chi connectivity index (χ0n) is 40.5. The molecule has 1 aliphatic carbocycles. The number of H-pyrrole nitrogens is 1. The second kappa shape index (κ2) is 15.3. The lowest BCUT2D eigenvalue weighted by atomic mass is 9.81. The highest BCUT2D eigenvalue weighted by molar-refractivity contribution is 6.00. The summed E-state index contributed by atoms with van der Waals surface area (Å²) in [7, 11) is 3.78. The van der Waals surface area contributed by atoms with Crippen LogP contribution in [0.2, 0.25) is 0 Å². The summed E-state index contributed by atoms with van der Waals surface area (Å²) in [4.78, 5) is 51.0. The summed E-state index contributed by atoms with van der Waals surface area (Å²) >= 11 is 0. The Morgan fingerprint density at radius 1 is 0.929 bits per heavy atom. The van der Waals surface area contributed by atoms with Crippen LogP contribution in [0.3, 0.4) is 0 Å². The molecule has 1 unspecified atom stereocenters. The molecule has 1 amide bonds. The number of ether oxygens (including phenoxy) is 1. The number of likely N-dealkylation sites (N-methyl/N-ethyl adjacent to an activating group) is 1. The van der Waals surface area contributed by atoms with Crippen molar-refractivity contribution in [2.75, 3.05) is 26.7 Å². The van der Waals surface area contributed by atoms with Crippen LogP contribution in [0.4, 0.5) is 8.78 Å². The molecule has 1 N–H and O–H groups in total. The van der Waals surface area contributed by atoms with Gasteiger partial charge < -0.3 is 19.1 Å². The van der Waals surface area contributed by atoms with Gasteiger partial charge in [-0.05, 0) is 138 Å². The Labute approximate surface area is 401 Å². The van der Waals surface area contributed by atoms with E-state index in [0.717, 1.165) is 30.3 Å². The van der Waals surface area contributed by atoms with Gasteiger partial charge in [0.25, 0.3) is 5.91 Å². The van der Waals surface area contributed by atoms with Gasteiger partial charge in [-0.1, -0.05) is 18.1 Å². The highest BCUT2D eigenvalue weighted by Gasteiger charge is 2.60. The van der Waals surface area contributed by atoms with E-state index in [0.29, 0.717) is 83.3 Å². The Kier molecular flexibility index (Phi) is 9.68. The number of likely N-dealkylation sites (tertiary alicyclic amines) is 1. The van der Waals surface area contributed by atoms with Crippen LogP contribution in [0.5, 0.6) is 0 Å². The van der Waals surface area contributed by atoms with Gasteiger partial charge in [0.05, 0.1) is 51.4 Å². The van der Waals surface area contributed by atoms with Crippen molar-refractivity contribution in [1.29, 1.82) is 0 Å². The predicted octanol–water partition coefficient (Wildman–Crippen LogP) is 7.52. The summed E-state index contributed by atoms with van der Waals surface area (Å²) in [6, 6.07) is 14.4. The maximum absolute atomic E-state index is 16.4. The van der Waals surface area contributed by atoms with Crippen molar-refractivity contribution in [3.63, 3.8) is 0 Å². The fourth-order valence-electron chi connectivity index (χ4n) is 12.6. The van der Waals surface area contributed by atoms with Crippen LogP contribution >= 0.6 is 0 Å². The minimum absolute atomic E-state index is 0.0182. The third-order valence-electron chi connectivity index (χ3n) is 16.0. The molecule has 8 aromatic rings. The Balaban J connectivity index is 1.06. The van der Waals surface area contributed by atoms with Gasteiger partial charge in [0.15, 0.2) is 11.6 Å². The van der Waals surface area contributed by atoms with E-state index >= 15 is 13.6 Å². The van der Waals surface area contributed by atoms with E-state index in [1.54, 1.807) is 60.7 Å².